The van der Waals surface area contributed by atoms with Gasteiger partial charge in [-0.05, 0) is 36.4 Å². The minimum Gasteiger partial charge on any atom is -0.491 e. The van der Waals surface area contributed by atoms with Crippen LogP contribution in [0.2, 0.25) is 0 Å². The van der Waals surface area contributed by atoms with Gasteiger partial charge in [-0.2, -0.15) is 0 Å². The fourth-order valence-corrected chi connectivity index (χ4v) is 3.37. The van der Waals surface area contributed by atoms with Gasteiger partial charge in [0.2, 0.25) is 0 Å². The summed E-state index contributed by atoms with van der Waals surface area (Å²) in [6, 6.07) is 17.0. The number of hydrogen-bond acceptors (Lipinski definition) is 3. The predicted octanol–water partition coefficient (Wildman–Crippen LogP) is 1.23. The van der Waals surface area contributed by atoms with Crippen molar-refractivity contribution in [1.82, 2.24) is 4.90 Å². The van der Waals surface area contributed by atoms with Crippen LogP contribution in [0.25, 0.3) is 0 Å². The van der Waals surface area contributed by atoms with Crippen LogP contribution in [-0.4, -0.2) is 61.3 Å². The average molecular weight is 420 g/mol. The molecule has 26 heavy (non-hydrogen) atoms. The molecule has 0 bridgehead atoms. The lowest BCUT2D eigenvalue weighted by Gasteiger charge is -2.33. The Bertz CT molecular complexity index is 701. The van der Waals surface area contributed by atoms with E-state index in [9.17, 15) is 9.90 Å². The minimum absolute atomic E-state index is 0.0868. The molecule has 0 unspecified atom stereocenters. The highest BCUT2D eigenvalue weighted by Crippen LogP contribution is 2.16. The number of carbonyl (C=O) groups is 1. The molecular formula is C20H24BrN2O3+. The van der Waals surface area contributed by atoms with Crippen molar-refractivity contribution in [2.45, 2.75) is 6.10 Å². The first kappa shape index (κ1) is 18.9. The fourth-order valence-electron chi connectivity index (χ4n) is 3.11. The first-order chi connectivity index (χ1) is 12.6. The lowest BCUT2D eigenvalue weighted by molar-refractivity contribution is -0.907. The van der Waals surface area contributed by atoms with E-state index >= 15 is 0 Å². The largest absolute Gasteiger partial charge is 0.491 e. The number of quaternary nitrogens is 1. The van der Waals surface area contributed by atoms with Gasteiger partial charge >= 0.3 is 0 Å². The van der Waals surface area contributed by atoms with Crippen LogP contribution < -0.4 is 9.64 Å². The molecule has 138 valence electrons. The zero-order chi connectivity index (χ0) is 18.4. The number of halogens is 1. The lowest BCUT2D eigenvalue weighted by atomic mass is 10.2. The van der Waals surface area contributed by atoms with Gasteiger partial charge in [-0.25, -0.2) is 0 Å². The second kappa shape index (κ2) is 9.16. The highest BCUT2D eigenvalue weighted by Gasteiger charge is 2.26. The highest BCUT2D eigenvalue weighted by molar-refractivity contribution is 9.10. The first-order valence-electron chi connectivity index (χ1n) is 8.86. The van der Waals surface area contributed by atoms with Crippen molar-refractivity contribution >= 4 is 21.8 Å². The summed E-state index contributed by atoms with van der Waals surface area (Å²) >= 11 is 3.38. The summed E-state index contributed by atoms with van der Waals surface area (Å²) in [5, 5.41) is 10.2. The van der Waals surface area contributed by atoms with E-state index in [1.165, 1.54) is 4.90 Å². The summed E-state index contributed by atoms with van der Waals surface area (Å²) in [6.07, 6.45) is -0.523. The van der Waals surface area contributed by atoms with Crippen molar-refractivity contribution in [1.29, 1.82) is 0 Å². The number of carbonyl (C=O) groups excluding carboxylic acids is 1. The van der Waals surface area contributed by atoms with E-state index in [4.69, 9.17) is 4.74 Å². The monoisotopic (exact) mass is 419 g/mol. The lowest BCUT2D eigenvalue weighted by Crippen LogP contribution is -3.16. The molecule has 0 aliphatic carbocycles. The summed E-state index contributed by atoms with van der Waals surface area (Å²) in [4.78, 5) is 15.6. The summed E-state index contributed by atoms with van der Waals surface area (Å²) in [5.74, 6) is 0.837. The van der Waals surface area contributed by atoms with Crippen LogP contribution in [0.4, 0.5) is 0 Å². The number of aliphatic hydroxyl groups excluding tert-OH is 1. The van der Waals surface area contributed by atoms with Gasteiger partial charge in [0, 0.05) is 10.0 Å². The van der Waals surface area contributed by atoms with Gasteiger partial charge in [-0.1, -0.05) is 34.1 Å². The normalized spacial score (nSPS) is 16.3. The van der Waals surface area contributed by atoms with Gasteiger partial charge < -0.3 is 19.6 Å². The molecule has 0 spiro atoms. The Hall–Kier alpha value is -1.89. The summed E-state index contributed by atoms with van der Waals surface area (Å²) in [6.45, 7) is 4.01. The minimum atomic E-state index is -0.523. The SMILES string of the molecule is O=C(c1ccccc1)N1CC[NH+](C[C@H](O)COc2ccc(Br)cc2)CC1. The number of aliphatic hydroxyl groups is 1. The van der Waals surface area contributed by atoms with Crippen LogP contribution in [0.5, 0.6) is 5.75 Å². The van der Waals surface area contributed by atoms with E-state index in [-0.39, 0.29) is 12.5 Å². The smallest absolute Gasteiger partial charge is 0.254 e. The molecule has 2 aromatic carbocycles. The third-order valence-corrected chi connectivity index (χ3v) is 5.09. The van der Waals surface area contributed by atoms with E-state index in [1.54, 1.807) is 0 Å². The molecule has 5 nitrogen and oxygen atoms in total. The van der Waals surface area contributed by atoms with Gasteiger partial charge in [-0.15, -0.1) is 0 Å². The molecule has 1 heterocycles. The van der Waals surface area contributed by atoms with Gasteiger partial charge in [0.25, 0.3) is 5.91 Å². The molecule has 1 aliphatic heterocycles. The summed E-state index contributed by atoms with van der Waals surface area (Å²) < 4.78 is 6.63. The maximum atomic E-state index is 12.5. The van der Waals surface area contributed by atoms with Crippen LogP contribution in [0.1, 0.15) is 10.4 Å². The first-order valence-corrected chi connectivity index (χ1v) is 9.65. The fraction of sp³-hybridized carbons (Fsp3) is 0.350. The van der Waals surface area contributed by atoms with E-state index in [1.807, 2.05) is 59.5 Å². The van der Waals surface area contributed by atoms with E-state index in [0.717, 1.165) is 28.9 Å². The zero-order valence-electron chi connectivity index (χ0n) is 14.6. The van der Waals surface area contributed by atoms with E-state index in [2.05, 4.69) is 15.9 Å². The summed E-state index contributed by atoms with van der Waals surface area (Å²) in [5.41, 5.74) is 0.735. The van der Waals surface area contributed by atoms with Gasteiger partial charge in [0.1, 0.15) is 25.0 Å². The molecule has 0 aromatic heterocycles. The van der Waals surface area contributed by atoms with E-state index in [0.29, 0.717) is 19.6 Å². The van der Waals surface area contributed by atoms with Crippen LogP contribution in [0, 0.1) is 0 Å². The van der Waals surface area contributed by atoms with Gasteiger partial charge in [-0.3, -0.25) is 4.79 Å². The summed E-state index contributed by atoms with van der Waals surface area (Å²) in [7, 11) is 0. The molecule has 0 radical (unpaired) electrons. The predicted molar refractivity (Wildman–Crippen MR) is 104 cm³/mol. The second-order valence-electron chi connectivity index (χ2n) is 6.53. The molecule has 1 aliphatic rings. The molecule has 1 saturated heterocycles. The Kier molecular flexibility index (Phi) is 6.66. The molecule has 0 saturated carbocycles. The Morgan fingerprint density at radius 1 is 1.12 bits per heavy atom. The Morgan fingerprint density at radius 2 is 1.77 bits per heavy atom. The Labute approximate surface area is 162 Å². The maximum absolute atomic E-state index is 12.5. The number of nitrogens with one attached hydrogen (secondary N) is 1. The quantitative estimate of drug-likeness (QED) is 0.740. The molecule has 1 atom stereocenters. The third-order valence-electron chi connectivity index (χ3n) is 4.56. The van der Waals surface area contributed by atoms with Crippen molar-refractivity contribution in [3.05, 3.63) is 64.6 Å². The average Bonchev–Trinajstić information content (AvgIpc) is 2.68. The molecule has 1 fully saturated rings. The van der Waals surface area contributed by atoms with Gasteiger partial charge in [0.05, 0.1) is 26.2 Å². The van der Waals surface area contributed by atoms with Crippen molar-refractivity contribution < 1.29 is 19.5 Å². The Balaban J connectivity index is 1.40. The Morgan fingerprint density at radius 3 is 2.42 bits per heavy atom. The molecule has 6 heteroatoms. The number of hydrogen-bond donors (Lipinski definition) is 2. The maximum Gasteiger partial charge on any atom is 0.254 e. The number of rotatable bonds is 6. The highest BCUT2D eigenvalue weighted by atomic mass is 79.9. The standard InChI is InChI=1S/C20H23BrN2O3/c21-17-6-8-19(9-7-17)26-15-18(24)14-22-10-12-23(13-11-22)20(25)16-4-2-1-3-5-16/h1-9,18,24H,10-15H2/p+1/t18-/m0/s1. The number of ether oxygens (including phenoxy) is 1. The van der Waals surface area contributed by atoms with Crippen LogP contribution >= 0.6 is 15.9 Å². The molecule has 2 aromatic rings. The van der Waals surface area contributed by atoms with Gasteiger partial charge in [0.15, 0.2) is 0 Å². The van der Waals surface area contributed by atoms with Crippen LogP contribution in [-0.2, 0) is 0 Å². The van der Waals surface area contributed by atoms with Crippen molar-refractivity contribution in [2.24, 2.45) is 0 Å². The molecule has 2 N–H and O–H groups in total. The molecular weight excluding hydrogens is 396 g/mol. The number of benzene rings is 2. The number of amides is 1. The second-order valence-corrected chi connectivity index (χ2v) is 7.45. The number of piperazine rings is 1. The molecule has 1 amide bonds. The number of nitrogens with zero attached hydrogens (tertiary/aromatic N) is 1. The van der Waals surface area contributed by atoms with Crippen molar-refractivity contribution in [2.75, 3.05) is 39.3 Å². The zero-order valence-corrected chi connectivity index (χ0v) is 16.2. The van der Waals surface area contributed by atoms with Crippen molar-refractivity contribution in [3.63, 3.8) is 0 Å². The third kappa shape index (κ3) is 5.30. The van der Waals surface area contributed by atoms with E-state index < -0.39 is 6.10 Å². The molecule has 3 rings (SSSR count). The van der Waals surface area contributed by atoms with Crippen LogP contribution in [0.15, 0.2) is 59.1 Å². The topological polar surface area (TPSA) is 54.2 Å². The van der Waals surface area contributed by atoms with Crippen LogP contribution in [0.3, 0.4) is 0 Å². The van der Waals surface area contributed by atoms with Crippen molar-refractivity contribution in [3.8, 4) is 5.75 Å².